The molecule has 0 radical (unpaired) electrons. The standard InChI is InChI=1S/C17H16ClN3O/c1-11-14(18)10-9-13-15(11)21(12-7-5-4-6-8-12)17(22)19-16(13)20(2)3/h4-10H,1-3H3. The predicted molar refractivity (Wildman–Crippen MR) is 91.4 cm³/mol. The fraction of sp³-hybridized carbons (Fsp3) is 0.176. The Bertz CT molecular complexity index is 901. The van der Waals surface area contributed by atoms with Gasteiger partial charge in [-0.15, -0.1) is 0 Å². The number of para-hydroxylation sites is 1. The molecular formula is C17H16ClN3O. The van der Waals surface area contributed by atoms with Crippen LogP contribution in [0.2, 0.25) is 5.02 Å². The van der Waals surface area contributed by atoms with Crippen molar-refractivity contribution in [3.63, 3.8) is 0 Å². The molecule has 112 valence electrons. The van der Waals surface area contributed by atoms with Gasteiger partial charge < -0.3 is 4.90 Å². The summed E-state index contributed by atoms with van der Waals surface area (Å²) in [5.41, 5.74) is 2.13. The average molecular weight is 314 g/mol. The molecule has 3 aromatic rings. The van der Waals surface area contributed by atoms with E-state index in [1.807, 2.05) is 68.4 Å². The zero-order chi connectivity index (χ0) is 15.9. The highest BCUT2D eigenvalue weighted by Crippen LogP contribution is 2.30. The topological polar surface area (TPSA) is 38.1 Å². The van der Waals surface area contributed by atoms with Crippen molar-refractivity contribution in [1.29, 1.82) is 0 Å². The van der Waals surface area contributed by atoms with Gasteiger partial charge in [0, 0.05) is 24.5 Å². The van der Waals surface area contributed by atoms with E-state index in [0.29, 0.717) is 10.8 Å². The minimum Gasteiger partial charge on any atom is -0.362 e. The molecule has 5 heteroatoms. The van der Waals surface area contributed by atoms with Crippen LogP contribution in [0.4, 0.5) is 5.82 Å². The Morgan fingerprint density at radius 2 is 1.77 bits per heavy atom. The molecule has 22 heavy (non-hydrogen) atoms. The van der Waals surface area contributed by atoms with Crippen LogP contribution in [0, 0.1) is 6.92 Å². The van der Waals surface area contributed by atoms with Gasteiger partial charge in [0.25, 0.3) is 0 Å². The Hall–Kier alpha value is -2.33. The van der Waals surface area contributed by atoms with Gasteiger partial charge in [0.05, 0.1) is 11.2 Å². The van der Waals surface area contributed by atoms with E-state index in [1.165, 1.54) is 0 Å². The van der Waals surface area contributed by atoms with Crippen molar-refractivity contribution >= 4 is 28.3 Å². The van der Waals surface area contributed by atoms with Gasteiger partial charge in [0.1, 0.15) is 5.82 Å². The van der Waals surface area contributed by atoms with Gasteiger partial charge in [-0.2, -0.15) is 4.98 Å². The van der Waals surface area contributed by atoms with Crippen LogP contribution in [0.5, 0.6) is 0 Å². The molecule has 0 aliphatic rings. The third-order valence-corrected chi connectivity index (χ3v) is 4.07. The second-order valence-corrected chi connectivity index (χ2v) is 5.76. The number of aryl methyl sites for hydroxylation is 1. The maximum atomic E-state index is 12.6. The van der Waals surface area contributed by atoms with Gasteiger partial charge in [-0.25, -0.2) is 4.79 Å². The SMILES string of the molecule is Cc1c(Cl)ccc2c(N(C)C)nc(=O)n(-c3ccccc3)c12. The van der Waals surface area contributed by atoms with E-state index >= 15 is 0 Å². The fourth-order valence-corrected chi connectivity index (χ4v) is 2.75. The summed E-state index contributed by atoms with van der Waals surface area (Å²) >= 11 is 6.28. The monoisotopic (exact) mass is 313 g/mol. The van der Waals surface area contributed by atoms with Gasteiger partial charge in [-0.1, -0.05) is 29.8 Å². The van der Waals surface area contributed by atoms with Crippen molar-refractivity contribution in [1.82, 2.24) is 9.55 Å². The second-order valence-electron chi connectivity index (χ2n) is 5.35. The van der Waals surface area contributed by atoms with Crippen molar-refractivity contribution in [2.24, 2.45) is 0 Å². The van der Waals surface area contributed by atoms with Gasteiger partial charge in [-0.3, -0.25) is 4.57 Å². The maximum absolute atomic E-state index is 12.6. The second kappa shape index (κ2) is 5.46. The van der Waals surface area contributed by atoms with Crippen molar-refractivity contribution < 1.29 is 0 Å². The van der Waals surface area contributed by atoms with Crippen molar-refractivity contribution in [2.75, 3.05) is 19.0 Å². The molecule has 0 saturated carbocycles. The zero-order valence-corrected chi connectivity index (χ0v) is 13.4. The highest BCUT2D eigenvalue weighted by molar-refractivity contribution is 6.32. The van der Waals surface area contributed by atoms with Crippen LogP contribution in [0.25, 0.3) is 16.6 Å². The van der Waals surface area contributed by atoms with Gasteiger partial charge in [0.2, 0.25) is 0 Å². The average Bonchev–Trinajstić information content (AvgIpc) is 2.51. The largest absolute Gasteiger partial charge is 0.362 e. The Balaban J connectivity index is 2.53. The lowest BCUT2D eigenvalue weighted by molar-refractivity contribution is 0.933. The van der Waals surface area contributed by atoms with Crippen molar-refractivity contribution in [3.05, 3.63) is 63.5 Å². The first-order chi connectivity index (χ1) is 10.5. The van der Waals surface area contributed by atoms with E-state index in [4.69, 9.17) is 11.6 Å². The molecule has 0 bridgehead atoms. The zero-order valence-electron chi connectivity index (χ0n) is 12.7. The number of rotatable bonds is 2. The molecule has 4 nitrogen and oxygen atoms in total. The highest BCUT2D eigenvalue weighted by Gasteiger charge is 2.16. The molecule has 0 amide bonds. The number of aromatic nitrogens is 2. The summed E-state index contributed by atoms with van der Waals surface area (Å²) in [5.74, 6) is 0.645. The molecule has 0 aliphatic heterocycles. The predicted octanol–water partition coefficient (Wildman–Crippen LogP) is 3.41. The number of nitrogens with zero attached hydrogens (tertiary/aromatic N) is 3. The summed E-state index contributed by atoms with van der Waals surface area (Å²) in [6.07, 6.45) is 0. The van der Waals surface area contributed by atoms with Crippen LogP contribution in [0.3, 0.4) is 0 Å². The third-order valence-electron chi connectivity index (χ3n) is 3.66. The van der Waals surface area contributed by atoms with Crippen LogP contribution in [0.1, 0.15) is 5.56 Å². The highest BCUT2D eigenvalue weighted by atomic mass is 35.5. The number of halogens is 1. The van der Waals surface area contributed by atoms with E-state index in [9.17, 15) is 4.79 Å². The number of hydrogen-bond acceptors (Lipinski definition) is 3. The van der Waals surface area contributed by atoms with E-state index in [2.05, 4.69) is 4.98 Å². The van der Waals surface area contributed by atoms with Gasteiger partial charge >= 0.3 is 5.69 Å². The molecular weight excluding hydrogens is 298 g/mol. The van der Waals surface area contributed by atoms with E-state index < -0.39 is 0 Å². The molecule has 3 rings (SSSR count). The summed E-state index contributed by atoms with van der Waals surface area (Å²) in [4.78, 5) is 18.7. The Labute approximate surface area is 133 Å². The summed E-state index contributed by atoms with van der Waals surface area (Å²) in [6, 6.07) is 13.2. The van der Waals surface area contributed by atoms with E-state index in [-0.39, 0.29) is 5.69 Å². The molecule has 0 fully saturated rings. The summed E-state index contributed by atoms with van der Waals surface area (Å²) < 4.78 is 1.61. The Kier molecular flexibility index (Phi) is 3.62. The Morgan fingerprint density at radius 1 is 1.09 bits per heavy atom. The van der Waals surface area contributed by atoms with Crippen LogP contribution in [-0.4, -0.2) is 23.6 Å². The molecule has 0 saturated heterocycles. The molecule has 0 spiro atoms. The van der Waals surface area contributed by atoms with Crippen molar-refractivity contribution in [3.8, 4) is 5.69 Å². The van der Waals surface area contributed by atoms with Crippen LogP contribution >= 0.6 is 11.6 Å². The summed E-state index contributed by atoms with van der Waals surface area (Å²) in [6.45, 7) is 1.92. The van der Waals surface area contributed by atoms with Crippen molar-refractivity contribution in [2.45, 2.75) is 6.92 Å². The fourth-order valence-electron chi connectivity index (χ4n) is 2.60. The lowest BCUT2D eigenvalue weighted by Crippen LogP contribution is -2.26. The minimum absolute atomic E-state index is 0.312. The van der Waals surface area contributed by atoms with Gasteiger partial charge in [-0.05, 0) is 36.8 Å². The number of fused-ring (bicyclic) bond motifs is 1. The van der Waals surface area contributed by atoms with E-state index in [1.54, 1.807) is 4.57 Å². The maximum Gasteiger partial charge on any atom is 0.354 e. The molecule has 1 heterocycles. The van der Waals surface area contributed by atoms with E-state index in [0.717, 1.165) is 22.2 Å². The first-order valence-corrected chi connectivity index (χ1v) is 7.33. The van der Waals surface area contributed by atoms with Crippen LogP contribution < -0.4 is 10.6 Å². The summed E-state index contributed by atoms with van der Waals surface area (Å²) in [5, 5.41) is 1.53. The Morgan fingerprint density at radius 3 is 2.41 bits per heavy atom. The first kappa shape index (κ1) is 14.6. The van der Waals surface area contributed by atoms with Crippen LogP contribution in [-0.2, 0) is 0 Å². The quantitative estimate of drug-likeness (QED) is 0.727. The third kappa shape index (κ3) is 2.25. The smallest absolute Gasteiger partial charge is 0.354 e. The molecule has 1 aromatic heterocycles. The molecule has 0 atom stereocenters. The molecule has 0 N–H and O–H groups in total. The molecule has 0 aliphatic carbocycles. The lowest BCUT2D eigenvalue weighted by atomic mass is 10.1. The number of benzene rings is 2. The minimum atomic E-state index is -0.312. The lowest BCUT2D eigenvalue weighted by Gasteiger charge is -2.19. The van der Waals surface area contributed by atoms with Crippen LogP contribution in [0.15, 0.2) is 47.3 Å². The first-order valence-electron chi connectivity index (χ1n) is 6.95. The van der Waals surface area contributed by atoms with Gasteiger partial charge in [0.15, 0.2) is 0 Å². The number of anilines is 1. The summed E-state index contributed by atoms with van der Waals surface area (Å²) in [7, 11) is 3.75. The number of hydrogen-bond donors (Lipinski definition) is 0. The molecule has 0 unspecified atom stereocenters. The normalized spacial score (nSPS) is 10.9. The molecule has 2 aromatic carbocycles.